The first-order valence-corrected chi connectivity index (χ1v) is 13.9. The SMILES string of the molecule is CC(C)[C@H]1CC[C@@H]2[C@]1(C)CC[C@]1(C)[C@H]3CC[C@@]4(C)[C@@H](CCC[C@@H]4C)[C@]3(C)CC[C@@]21C. The second kappa shape index (κ2) is 6.53. The van der Waals surface area contributed by atoms with Gasteiger partial charge in [0.05, 0.1) is 0 Å². The highest BCUT2D eigenvalue weighted by molar-refractivity contribution is 5.20. The highest BCUT2D eigenvalue weighted by atomic mass is 14.8. The smallest absolute Gasteiger partial charge is 0.0235 e. The van der Waals surface area contributed by atoms with Gasteiger partial charge in [0.2, 0.25) is 0 Å². The molecule has 5 aliphatic rings. The van der Waals surface area contributed by atoms with Gasteiger partial charge in [-0.1, -0.05) is 68.2 Å². The van der Waals surface area contributed by atoms with Crippen LogP contribution >= 0.6 is 0 Å². The van der Waals surface area contributed by atoms with Gasteiger partial charge >= 0.3 is 0 Å². The maximum atomic E-state index is 2.81. The molecule has 172 valence electrons. The lowest BCUT2D eigenvalue weighted by atomic mass is 9.31. The quantitative estimate of drug-likeness (QED) is 0.402. The third-order valence-corrected chi connectivity index (χ3v) is 14.0. The first-order chi connectivity index (χ1) is 13.9. The van der Waals surface area contributed by atoms with Crippen molar-refractivity contribution in [3.8, 4) is 0 Å². The molecule has 0 spiro atoms. The molecule has 0 nitrogen and oxygen atoms in total. The van der Waals surface area contributed by atoms with Gasteiger partial charge < -0.3 is 0 Å². The minimum atomic E-state index is 0.568. The van der Waals surface area contributed by atoms with E-state index in [4.69, 9.17) is 0 Å². The summed E-state index contributed by atoms with van der Waals surface area (Å²) in [7, 11) is 0. The molecule has 0 heteroatoms. The normalized spacial score (nSPS) is 60.5. The lowest BCUT2D eigenvalue weighted by Crippen LogP contribution is -2.66. The topological polar surface area (TPSA) is 0 Å². The van der Waals surface area contributed by atoms with Crippen LogP contribution in [-0.4, -0.2) is 0 Å². The van der Waals surface area contributed by atoms with Crippen molar-refractivity contribution in [1.82, 2.24) is 0 Å². The van der Waals surface area contributed by atoms with Crippen LogP contribution in [0.2, 0.25) is 0 Å². The van der Waals surface area contributed by atoms with Crippen molar-refractivity contribution in [2.45, 2.75) is 126 Å². The molecule has 30 heavy (non-hydrogen) atoms. The van der Waals surface area contributed by atoms with Crippen LogP contribution in [0, 0.1) is 62.6 Å². The molecule has 5 aliphatic carbocycles. The van der Waals surface area contributed by atoms with E-state index in [9.17, 15) is 0 Å². The molecule has 0 aliphatic heterocycles. The second-order valence-corrected chi connectivity index (χ2v) is 14.8. The Morgan fingerprint density at radius 2 is 1.17 bits per heavy atom. The fourth-order valence-corrected chi connectivity index (χ4v) is 12.1. The zero-order chi connectivity index (χ0) is 21.7. The number of hydrogen-bond acceptors (Lipinski definition) is 0. The van der Waals surface area contributed by atoms with Crippen LogP contribution in [0.1, 0.15) is 126 Å². The van der Waals surface area contributed by atoms with Gasteiger partial charge in [0, 0.05) is 0 Å². The summed E-state index contributed by atoms with van der Waals surface area (Å²) in [6.07, 6.45) is 16.6. The molecule has 0 unspecified atom stereocenters. The van der Waals surface area contributed by atoms with E-state index in [1.54, 1.807) is 0 Å². The van der Waals surface area contributed by atoms with Crippen molar-refractivity contribution in [3.63, 3.8) is 0 Å². The van der Waals surface area contributed by atoms with E-state index in [-0.39, 0.29) is 0 Å². The Morgan fingerprint density at radius 1 is 0.567 bits per heavy atom. The summed E-state index contributed by atoms with van der Waals surface area (Å²) >= 11 is 0. The number of rotatable bonds is 1. The van der Waals surface area contributed by atoms with Crippen LogP contribution < -0.4 is 0 Å². The minimum absolute atomic E-state index is 0.568. The van der Waals surface area contributed by atoms with Crippen LogP contribution in [0.15, 0.2) is 0 Å². The van der Waals surface area contributed by atoms with E-state index in [1.165, 1.54) is 70.6 Å². The molecular weight excluding hydrogens is 360 g/mol. The molecular formula is C30H52. The van der Waals surface area contributed by atoms with E-state index in [2.05, 4.69) is 55.4 Å². The fraction of sp³-hybridized carbons (Fsp3) is 1.00. The van der Waals surface area contributed by atoms with E-state index in [0.717, 1.165) is 35.5 Å². The minimum Gasteiger partial charge on any atom is -0.0625 e. The molecule has 0 aromatic rings. The highest BCUT2D eigenvalue weighted by Gasteiger charge is 2.71. The molecule has 5 fully saturated rings. The summed E-state index contributed by atoms with van der Waals surface area (Å²) in [4.78, 5) is 0. The van der Waals surface area contributed by atoms with E-state index < -0.39 is 0 Å². The van der Waals surface area contributed by atoms with Crippen LogP contribution in [0.4, 0.5) is 0 Å². The molecule has 0 bridgehead atoms. The average Bonchev–Trinajstić information content (AvgIpc) is 3.04. The molecule has 10 atom stereocenters. The van der Waals surface area contributed by atoms with Gasteiger partial charge in [-0.15, -0.1) is 0 Å². The second-order valence-electron chi connectivity index (χ2n) is 14.8. The molecule has 0 heterocycles. The first-order valence-electron chi connectivity index (χ1n) is 13.9. The zero-order valence-corrected chi connectivity index (χ0v) is 21.7. The Bertz CT molecular complexity index is 692. The van der Waals surface area contributed by atoms with Crippen molar-refractivity contribution in [1.29, 1.82) is 0 Å². The van der Waals surface area contributed by atoms with Gasteiger partial charge in [-0.3, -0.25) is 0 Å². The van der Waals surface area contributed by atoms with Crippen LogP contribution in [-0.2, 0) is 0 Å². The molecule has 5 saturated carbocycles. The van der Waals surface area contributed by atoms with E-state index >= 15 is 0 Å². The Kier molecular flexibility index (Phi) is 4.75. The molecule has 0 aromatic heterocycles. The zero-order valence-electron chi connectivity index (χ0n) is 21.7. The van der Waals surface area contributed by atoms with Crippen LogP contribution in [0.25, 0.3) is 0 Å². The first kappa shape index (κ1) is 21.8. The van der Waals surface area contributed by atoms with Crippen molar-refractivity contribution in [2.75, 3.05) is 0 Å². The van der Waals surface area contributed by atoms with Crippen molar-refractivity contribution >= 4 is 0 Å². The monoisotopic (exact) mass is 412 g/mol. The predicted octanol–water partition coefficient (Wildman–Crippen LogP) is 9.13. The molecule has 0 amide bonds. The molecule has 0 saturated heterocycles. The van der Waals surface area contributed by atoms with Gasteiger partial charge in [0.25, 0.3) is 0 Å². The Morgan fingerprint density at radius 3 is 1.80 bits per heavy atom. The van der Waals surface area contributed by atoms with E-state index in [1.807, 2.05) is 0 Å². The molecule has 5 rings (SSSR count). The Balaban J connectivity index is 1.53. The van der Waals surface area contributed by atoms with Gasteiger partial charge in [-0.2, -0.15) is 0 Å². The van der Waals surface area contributed by atoms with Gasteiger partial charge in [0.15, 0.2) is 0 Å². The van der Waals surface area contributed by atoms with Crippen molar-refractivity contribution in [3.05, 3.63) is 0 Å². The summed E-state index contributed by atoms with van der Waals surface area (Å²) in [5.41, 5.74) is 2.96. The summed E-state index contributed by atoms with van der Waals surface area (Å²) in [5.74, 6) is 5.68. The lowest BCUT2D eigenvalue weighted by Gasteiger charge is -2.73. The number of hydrogen-bond donors (Lipinski definition) is 0. The van der Waals surface area contributed by atoms with Crippen molar-refractivity contribution < 1.29 is 0 Å². The summed E-state index contributed by atoms with van der Waals surface area (Å²) in [6, 6.07) is 0. The lowest BCUT2D eigenvalue weighted by molar-refractivity contribution is -0.247. The molecule has 0 radical (unpaired) electrons. The van der Waals surface area contributed by atoms with Gasteiger partial charge in [-0.05, 0) is 120 Å². The third kappa shape index (κ3) is 2.41. The summed E-state index contributed by atoms with van der Waals surface area (Å²) in [6.45, 7) is 21.5. The molecule has 0 aromatic carbocycles. The largest absolute Gasteiger partial charge is 0.0625 e. The Labute approximate surface area is 188 Å². The van der Waals surface area contributed by atoms with Crippen LogP contribution in [0.5, 0.6) is 0 Å². The summed E-state index contributed by atoms with van der Waals surface area (Å²) in [5, 5.41) is 0. The highest BCUT2D eigenvalue weighted by Crippen LogP contribution is 2.79. The predicted molar refractivity (Wildman–Crippen MR) is 129 cm³/mol. The maximum absolute atomic E-state index is 2.81. The standard InChI is InChI=1S/C30H52/c1-20(2)22-12-13-24-27(22,5)16-18-30(8)25-14-15-26(4)21(3)10-9-11-23(26)28(25,6)17-19-29(24,30)7/h20-25H,9-19H2,1-8H3/t21-,22+,23+,24+,25-,26+,27+,28-,29-,30+/m0/s1. The number of fused-ring (bicyclic) bond motifs is 7. The third-order valence-electron chi connectivity index (χ3n) is 14.0. The Hall–Kier alpha value is 0. The fourth-order valence-electron chi connectivity index (χ4n) is 12.1. The van der Waals surface area contributed by atoms with Crippen molar-refractivity contribution in [2.24, 2.45) is 62.6 Å². The average molecular weight is 413 g/mol. The van der Waals surface area contributed by atoms with Crippen LogP contribution in [0.3, 0.4) is 0 Å². The maximum Gasteiger partial charge on any atom is -0.0235 e. The van der Waals surface area contributed by atoms with Gasteiger partial charge in [-0.25, -0.2) is 0 Å². The van der Waals surface area contributed by atoms with Gasteiger partial charge in [0.1, 0.15) is 0 Å². The molecule has 0 N–H and O–H groups in total. The van der Waals surface area contributed by atoms with E-state index in [0.29, 0.717) is 27.1 Å². The summed E-state index contributed by atoms with van der Waals surface area (Å²) < 4.78 is 0.